The minimum absolute atomic E-state index is 0.0291. The van der Waals surface area contributed by atoms with Crippen LogP contribution in [0.5, 0.6) is 5.75 Å². The van der Waals surface area contributed by atoms with Crippen molar-refractivity contribution in [2.24, 2.45) is 0 Å². The fourth-order valence-electron chi connectivity index (χ4n) is 1.47. The second kappa shape index (κ2) is 6.97. The predicted molar refractivity (Wildman–Crippen MR) is 77.1 cm³/mol. The van der Waals surface area contributed by atoms with Crippen LogP contribution in [0.15, 0.2) is 18.2 Å². The van der Waals surface area contributed by atoms with Gasteiger partial charge in [-0.2, -0.15) is 0 Å². The molecule has 7 nitrogen and oxygen atoms in total. The number of para-hydroxylation sites is 1. The average molecular weight is 314 g/mol. The predicted octanol–water partition coefficient (Wildman–Crippen LogP) is 1.76. The third kappa shape index (κ3) is 5.47. The quantitative estimate of drug-likeness (QED) is 0.714. The number of ether oxygens (including phenoxy) is 2. The highest BCUT2D eigenvalue weighted by atomic mass is 19.1. The first kappa shape index (κ1) is 17.5. The summed E-state index contributed by atoms with van der Waals surface area (Å²) < 4.78 is 23.5. The first-order valence-electron chi connectivity index (χ1n) is 6.49. The number of rotatable bonds is 5. The molecule has 122 valence electrons. The number of nitrogens with one attached hydrogen (secondary N) is 1. The second-order valence-electron chi connectivity index (χ2n) is 5.51. The molecule has 0 aromatic heterocycles. The van der Waals surface area contributed by atoms with E-state index in [-0.39, 0.29) is 11.4 Å². The summed E-state index contributed by atoms with van der Waals surface area (Å²) in [6.45, 7) is 4.41. The molecule has 1 atom stereocenters. The van der Waals surface area contributed by atoms with E-state index in [0.29, 0.717) is 0 Å². The Balaban J connectivity index is 2.70. The van der Waals surface area contributed by atoms with Crippen LogP contribution in [0.2, 0.25) is 0 Å². The number of aliphatic carboxylic acids is 1. The van der Waals surface area contributed by atoms with Gasteiger partial charge in [0.05, 0.1) is 5.69 Å². The van der Waals surface area contributed by atoms with Gasteiger partial charge in [0.2, 0.25) is 0 Å². The number of carboxylic acids is 1. The number of amides is 1. The van der Waals surface area contributed by atoms with Crippen LogP contribution >= 0.6 is 0 Å². The van der Waals surface area contributed by atoms with Crippen LogP contribution in [0, 0.1) is 5.82 Å². The van der Waals surface area contributed by atoms with E-state index >= 15 is 0 Å². The van der Waals surface area contributed by atoms with Gasteiger partial charge in [0.1, 0.15) is 12.2 Å². The molecule has 0 aliphatic heterocycles. The van der Waals surface area contributed by atoms with Crippen LogP contribution in [-0.4, -0.2) is 35.4 Å². The summed E-state index contributed by atoms with van der Waals surface area (Å²) in [7, 11) is 0. The summed E-state index contributed by atoms with van der Waals surface area (Å²) in [4.78, 5) is 22.7. The van der Waals surface area contributed by atoms with Gasteiger partial charge in [-0.25, -0.2) is 14.0 Å². The number of hydrogen-bond donors (Lipinski definition) is 3. The van der Waals surface area contributed by atoms with Gasteiger partial charge < -0.3 is 25.6 Å². The van der Waals surface area contributed by atoms with E-state index in [1.165, 1.54) is 12.1 Å². The fraction of sp³-hybridized carbons (Fsp3) is 0.429. The zero-order valence-corrected chi connectivity index (χ0v) is 12.6. The highest BCUT2D eigenvalue weighted by Crippen LogP contribution is 2.24. The number of carbonyl (C=O) groups excluding carboxylic acids is 1. The third-order valence-electron chi connectivity index (χ3n) is 2.38. The van der Waals surface area contributed by atoms with Gasteiger partial charge in [0.15, 0.2) is 17.6 Å². The number of halogens is 1. The average Bonchev–Trinajstić information content (AvgIpc) is 2.34. The second-order valence-corrected chi connectivity index (χ2v) is 5.51. The molecule has 0 spiro atoms. The zero-order chi connectivity index (χ0) is 16.9. The van der Waals surface area contributed by atoms with Crippen LogP contribution < -0.4 is 15.8 Å². The maximum absolute atomic E-state index is 13.5. The molecule has 0 saturated heterocycles. The topological polar surface area (TPSA) is 111 Å². The smallest absolute Gasteiger partial charge is 0.408 e. The van der Waals surface area contributed by atoms with Crippen molar-refractivity contribution in [1.29, 1.82) is 0 Å². The fourth-order valence-corrected chi connectivity index (χ4v) is 1.47. The number of nitrogen functional groups attached to an aromatic ring is 1. The molecule has 1 aromatic rings. The molecule has 0 heterocycles. The van der Waals surface area contributed by atoms with Gasteiger partial charge in [0, 0.05) is 0 Å². The maximum atomic E-state index is 13.5. The molecular weight excluding hydrogens is 295 g/mol. The van der Waals surface area contributed by atoms with Crippen LogP contribution in [0.3, 0.4) is 0 Å². The molecule has 0 saturated carbocycles. The van der Waals surface area contributed by atoms with Gasteiger partial charge in [0.25, 0.3) is 0 Å². The summed E-state index contributed by atoms with van der Waals surface area (Å²) >= 11 is 0. The largest absolute Gasteiger partial charge is 0.486 e. The van der Waals surface area contributed by atoms with E-state index in [9.17, 15) is 14.0 Å². The number of hydrogen-bond acceptors (Lipinski definition) is 5. The number of benzene rings is 1. The number of alkyl carbamates (subject to hydrolysis) is 1. The van der Waals surface area contributed by atoms with E-state index < -0.39 is 36.1 Å². The van der Waals surface area contributed by atoms with Crippen molar-refractivity contribution < 1.29 is 28.6 Å². The normalized spacial score (nSPS) is 12.4. The Morgan fingerprint density at radius 3 is 2.55 bits per heavy atom. The Labute approximate surface area is 127 Å². The highest BCUT2D eigenvalue weighted by molar-refractivity contribution is 5.80. The first-order valence-corrected chi connectivity index (χ1v) is 6.49. The molecule has 0 aliphatic rings. The molecule has 1 unspecified atom stereocenters. The molecule has 1 amide bonds. The van der Waals surface area contributed by atoms with Crippen LogP contribution in [-0.2, 0) is 9.53 Å². The van der Waals surface area contributed by atoms with E-state index in [2.05, 4.69) is 5.32 Å². The lowest BCUT2D eigenvalue weighted by Crippen LogP contribution is -2.46. The van der Waals surface area contributed by atoms with Crippen molar-refractivity contribution >= 4 is 17.7 Å². The van der Waals surface area contributed by atoms with Crippen molar-refractivity contribution in [1.82, 2.24) is 5.32 Å². The molecule has 0 fully saturated rings. The summed E-state index contributed by atoms with van der Waals surface area (Å²) in [6.07, 6.45) is -0.912. The Bertz CT molecular complexity index is 536. The maximum Gasteiger partial charge on any atom is 0.408 e. The molecule has 1 rings (SSSR count). The SMILES string of the molecule is CC(C)(C)OC(=O)NC(COc1c(N)cccc1F)C(=O)O. The van der Waals surface area contributed by atoms with Gasteiger partial charge in [-0.3, -0.25) is 0 Å². The molecule has 8 heteroatoms. The van der Waals surface area contributed by atoms with E-state index in [0.717, 1.165) is 6.07 Å². The van der Waals surface area contributed by atoms with E-state index in [1.54, 1.807) is 20.8 Å². The lowest BCUT2D eigenvalue weighted by atomic mass is 10.2. The molecular formula is C14H19FN2O5. The van der Waals surface area contributed by atoms with Gasteiger partial charge in [-0.05, 0) is 32.9 Å². The number of nitrogens with two attached hydrogens (primary N) is 1. The third-order valence-corrected chi connectivity index (χ3v) is 2.38. The van der Waals surface area contributed by atoms with Crippen LogP contribution in [0.4, 0.5) is 14.9 Å². The minimum Gasteiger partial charge on any atom is -0.486 e. The molecule has 1 aromatic carbocycles. The summed E-state index contributed by atoms with van der Waals surface area (Å²) in [5, 5.41) is 11.2. The van der Waals surface area contributed by atoms with Gasteiger partial charge >= 0.3 is 12.1 Å². The Hall–Kier alpha value is -2.51. The molecule has 0 bridgehead atoms. The van der Waals surface area contributed by atoms with Crippen LogP contribution in [0.1, 0.15) is 20.8 Å². The van der Waals surface area contributed by atoms with Gasteiger partial charge in [-0.15, -0.1) is 0 Å². The van der Waals surface area contributed by atoms with Crippen molar-refractivity contribution in [2.75, 3.05) is 12.3 Å². The van der Waals surface area contributed by atoms with Crippen molar-refractivity contribution in [3.8, 4) is 5.75 Å². The number of carboxylic acid groups (broad SMARTS) is 1. The lowest BCUT2D eigenvalue weighted by Gasteiger charge is -2.22. The van der Waals surface area contributed by atoms with Crippen molar-refractivity contribution in [2.45, 2.75) is 32.4 Å². The van der Waals surface area contributed by atoms with Crippen molar-refractivity contribution in [3.63, 3.8) is 0 Å². The van der Waals surface area contributed by atoms with E-state index in [4.69, 9.17) is 20.3 Å². The Morgan fingerprint density at radius 2 is 2.05 bits per heavy atom. The van der Waals surface area contributed by atoms with Crippen molar-refractivity contribution in [3.05, 3.63) is 24.0 Å². The number of anilines is 1. The summed E-state index contributed by atoms with van der Waals surface area (Å²) in [5.74, 6) is -2.33. The summed E-state index contributed by atoms with van der Waals surface area (Å²) in [6, 6.07) is 2.53. The van der Waals surface area contributed by atoms with E-state index in [1.807, 2.05) is 0 Å². The minimum atomic E-state index is -1.41. The molecule has 0 radical (unpaired) electrons. The number of carbonyl (C=O) groups is 2. The first-order chi connectivity index (χ1) is 10.1. The molecule has 22 heavy (non-hydrogen) atoms. The Kier molecular flexibility index (Phi) is 5.56. The zero-order valence-electron chi connectivity index (χ0n) is 12.6. The highest BCUT2D eigenvalue weighted by Gasteiger charge is 2.25. The standard InChI is InChI=1S/C14H19FN2O5/c1-14(2,3)22-13(20)17-10(12(18)19)7-21-11-8(15)5-4-6-9(11)16/h4-6,10H,7,16H2,1-3H3,(H,17,20)(H,18,19). The van der Waals surface area contributed by atoms with Crippen LogP contribution in [0.25, 0.3) is 0 Å². The summed E-state index contributed by atoms with van der Waals surface area (Å²) in [5.41, 5.74) is 4.80. The van der Waals surface area contributed by atoms with Gasteiger partial charge in [-0.1, -0.05) is 6.07 Å². The monoisotopic (exact) mass is 314 g/mol. The molecule has 4 N–H and O–H groups in total. The molecule has 0 aliphatic carbocycles. The Morgan fingerprint density at radius 1 is 1.41 bits per heavy atom. The lowest BCUT2D eigenvalue weighted by molar-refractivity contribution is -0.140.